The van der Waals surface area contributed by atoms with E-state index in [1.807, 2.05) is 12.1 Å². The first kappa shape index (κ1) is 13.4. The highest BCUT2D eigenvalue weighted by atomic mass is 35.5. The van der Waals surface area contributed by atoms with Crippen LogP contribution in [0.1, 0.15) is 31.7 Å². The zero-order valence-corrected chi connectivity index (χ0v) is 12.4. The molecule has 2 aliphatic heterocycles. The van der Waals surface area contributed by atoms with Crippen molar-refractivity contribution in [3.8, 4) is 0 Å². The fourth-order valence-corrected chi connectivity index (χ4v) is 3.67. The maximum Gasteiger partial charge on any atom is 0.0451 e. The molecule has 104 valence electrons. The van der Waals surface area contributed by atoms with Gasteiger partial charge in [-0.15, -0.1) is 0 Å². The zero-order chi connectivity index (χ0) is 13.2. The van der Waals surface area contributed by atoms with Crippen molar-refractivity contribution in [1.82, 2.24) is 9.80 Å². The van der Waals surface area contributed by atoms with Crippen LogP contribution in [0.15, 0.2) is 24.3 Å². The van der Waals surface area contributed by atoms with Gasteiger partial charge in [0.05, 0.1) is 0 Å². The van der Waals surface area contributed by atoms with E-state index in [9.17, 15) is 0 Å². The van der Waals surface area contributed by atoms with Crippen LogP contribution in [0.4, 0.5) is 0 Å². The molecule has 0 N–H and O–H groups in total. The second-order valence-corrected chi connectivity index (χ2v) is 6.42. The maximum absolute atomic E-state index is 6.29. The number of hydrogen-bond donors (Lipinski definition) is 0. The number of nitrogens with zero attached hydrogens (tertiary/aromatic N) is 2. The minimum atomic E-state index is 0.630. The summed E-state index contributed by atoms with van der Waals surface area (Å²) >= 11 is 6.29. The van der Waals surface area contributed by atoms with Crippen LogP contribution in [-0.4, -0.2) is 41.5 Å². The van der Waals surface area contributed by atoms with E-state index in [0.29, 0.717) is 6.04 Å². The Bertz CT molecular complexity index is 435. The molecule has 0 bridgehead atoms. The fraction of sp³-hybridized carbons (Fsp3) is 0.625. The van der Waals surface area contributed by atoms with Gasteiger partial charge >= 0.3 is 0 Å². The Labute approximate surface area is 121 Å². The van der Waals surface area contributed by atoms with Crippen molar-refractivity contribution >= 4 is 11.6 Å². The molecule has 3 rings (SSSR count). The van der Waals surface area contributed by atoms with Crippen molar-refractivity contribution in [2.75, 3.05) is 19.6 Å². The van der Waals surface area contributed by atoms with Crippen molar-refractivity contribution in [1.29, 1.82) is 0 Å². The van der Waals surface area contributed by atoms with Gasteiger partial charge in [-0.05, 0) is 37.9 Å². The maximum atomic E-state index is 6.29. The largest absolute Gasteiger partial charge is 0.298 e. The van der Waals surface area contributed by atoms with Crippen LogP contribution in [0.2, 0.25) is 5.02 Å². The molecule has 0 spiro atoms. The topological polar surface area (TPSA) is 6.48 Å². The van der Waals surface area contributed by atoms with Gasteiger partial charge in [0.25, 0.3) is 0 Å². The third-order valence-corrected chi connectivity index (χ3v) is 5.02. The van der Waals surface area contributed by atoms with E-state index in [1.54, 1.807) is 0 Å². The summed E-state index contributed by atoms with van der Waals surface area (Å²) in [5.41, 5.74) is 1.26. The lowest BCUT2D eigenvalue weighted by molar-refractivity contribution is 0.0111. The van der Waals surface area contributed by atoms with Crippen molar-refractivity contribution in [2.24, 2.45) is 0 Å². The molecule has 2 saturated heterocycles. The molecule has 2 heterocycles. The van der Waals surface area contributed by atoms with Crippen molar-refractivity contribution in [3.05, 3.63) is 34.9 Å². The van der Waals surface area contributed by atoms with Crippen LogP contribution in [0.5, 0.6) is 0 Å². The molecule has 2 atom stereocenters. The molecule has 19 heavy (non-hydrogen) atoms. The quantitative estimate of drug-likeness (QED) is 0.818. The number of fused-ring (bicyclic) bond motifs is 1. The molecule has 1 aromatic carbocycles. The smallest absolute Gasteiger partial charge is 0.0451 e. The van der Waals surface area contributed by atoms with Gasteiger partial charge in [0, 0.05) is 36.7 Å². The highest BCUT2D eigenvalue weighted by Crippen LogP contribution is 2.26. The average molecular weight is 279 g/mol. The molecule has 2 fully saturated rings. The van der Waals surface area contributed by atoms with Gasteiger partial charge in [0.15, 0.2) is 0 Å². The van der Waals surface area contributed by atoms with E-state index < -0.39 is 0 Å². The van der Waals surface area contributed by atoms with Gasteiger partial charge in [-0.2, -0.15) is 0 Å². The van der Waals surface area contributed by atoms with Crippen LogP contribution in [0.25, 0.3) is 0 Å². The van der Waals surface area contributed by atoms with E-state index in [1.165, 1.54) is 44.5 Å². The first-order chi connectivity index (χ1) is 9.24. The molecule has 3 heteroatoms. The summed E-state index contributed by atoms with van der Waals surface area (Å²) in [5.74, 6) is 0. The summed E-state index contributed by atoms with van der Waals surface area (Å²) in [4.78, 5) is 5.30. The average Bonchev–Trinajstić information content (AvgIpc) is 2.42. The van der Waals surface area contributed by atoms with Gasteiger partial charge < -0.3 is 0 Å². The van der Waals surface area contributed by atoms with Gasteiger partial charge in [-0.3, -0.25) is 9.80 Å². The van der Waals surface area contributed by atoms with Crippen LogP contribution in [0.3, 0.4) is 0 Å². The first-order valence-electron chi connectivity index (χ1n) is 7.45. The lowest BCUT2D eigenvalue weighted by atomic mass is 9.97. The number of piperidine rings is 1. The van der Waals surface area contributed by atoms with Crippen LogP contribution >= 0.6 is 11.6 Å². The second kappa shape index (κ2) is 5.82. The van der Waals surface area contributed by atoms with Crippen LogP contribution in [-0.2, 0) is 6.54 Å². The standard InChI is InChI=1S/C16H23ClN2/c1-13-10-18-9-5-4-7-15(18)12-19(13)11-14-6-2-3-8-16(14)17/h2-3,6,8,13,15H,4-5,7,9-12H2,1H3. The Balaban J connectivity index is 1.69. The van der Waals surface area contributed by atoms with Crippen molar-refractivity contribution in [2.45, 2.75) is 44.8 Å². The Morgan fingerprint density at radius 2 is 2.05 bits per heavy atom. The third-order valence-electron chi connectivity index (χ3n) is 4.65. The SMILES string of the molecule is CC1CN2CCCCC2CN1Cc1ccccc1Cl. The molecule has 0 amide bonds. The molecular formula is C16H23ClN2. The molecule has 2 nitrogen and oxygen atoms in total. The van der Waals surface area contributed by atoms with Gasteiger partial charge in [-0.25, -0.2) is 0 Å². The summed E-state index contributed by atoms with van der Waals surface area (Å²) in [6.45, 7) is 7.06. The summed E-state index contributed by atoms with van der Waals surface area (Å²) in [7, 11) is 0. The van der Waals surface area contributed by atoms with Crippen LogP contribution < -0.4 is 0 Å². The summed E-state index contributed by atoms with van der Waals surface area (Å²) in [6, 6.07) is 9.65. The predicted octanol–water partition coefficient (Wildman–Crippen LogP) is 3.40. The number of piperazine rings is 1. The van der Waals surface area contributed by atoms with E-state index in [-0.39, 0.29) is 0 Å². The van der Waals surface area contributed by atoms with Crippen molar-refractivity contribution < 1.29 is 0 Å². The van der Waals surface area contributed by atoms with Gasteiger partial charge in [-0.1, -0.05) is 36.2 Å². The monoisotopic (exact) mass is 278 g/mol. The minimum absolute atomic E-state index is 0.630. The third kappa shape index (κ3) is 2.96. The first-order valence-corrected chi connectivity index (χ1v) is 7.83. The van der Waals surface area contributed by atoms with Crippen LogP contribution in [0, 0.1) is 0 Å². The highest BCUT2D eigenvalue weighted by molar-refractivity contribution is 6.31. The molecule has 2 aliphatic rings. The van der Waals surface area contributed by atoms with Gasteiger partial charge in [0.1, 0.15) is 0 Å². The minimum Gasteiger partial charge on any atom is -0.298 e. The number of halogens is 1. The normalized spacial score (nSPS) is 29.2. The predicted molar refractivity (Wildman–Crippen MR) is 80.5 cm³/mol. The molecule has 0 saturated carbocycles. The molecular weight excluding hydrogens is 256 g/mol. The fourth-order valence-electron chi connectivity index (χ4n) is 3.48. The molecule has 0 aromatic heterocycles. The van der Waals surface area contributed by atoms with Crippen molar-refractivity contribution in [3.63, 3.8) is 0 Å². The Kier molecular flexibility index (Phi) is 4.11. The van der Waals surface area contributed by atoms with E-state index in [4.69, 9.17) is 11.6 Å². The molecule has 0 radical (unpaired) electrons. The zero-order valence-electron chi connectivity index (χ0n) is 11.7. The van der Waals surface area contributed by atoms with E-state index >= 15 is 0 Å². The Morgan fingerprint density at radius 1 is 1.21 bits per heavy atom. The lowest BCUT2D eigenvalue weighted by Gasteiger charge is -2.47. The molecule has 1 aromatic rings. The summed E-state index contributed by atoms with van der Waals surface area (Å²) in [6.07, 6.45) is 4.15. The Hall–Kier alpha value is -0.570. The van der Waals surface area contributed by atoms with E-state index in [2.05, 4.69) is 28.9 Å². The van der Waals surface area contributed by atoms with Gasteiger partial charge in [0.2, 0.25) is 0 Å². The number of benzene rings is 1. The Morgan fingerprint density at radius 3 is 2.89 bits per heavy atom. The highest BCUT2D eigenvalue weighted by Gasteiger charge is 2.32. The van der Waals surface area contributed by atoms with E-state index in [0.717, 1.165) is 17.6 Å². The molecule has 2 unspecified atom stereocenters. The number of rotatable bonds is 2. The molecule has 0 aliphatic carbocycles. The number of hydrogen-bond acceptors (Lipinski definition) is 2. The summed E-state index contributed by atoms with van der Waals surface area (Å²) in [5, 5.41) is 0.903. The lowest BCUT2D eigenvalue weighted by Crippen LogP contribution is -2.58. The summed E-state index contributed by atoms with van der Waals surface area (Å²) < 4.78 is 0. The second-order valence-electron chi connectivity index (χ2n) is 6.01.